The number of aryl methyl sites for hydroxylation is 2. The van der Waals surface area contributed by atoms with Crippen LogP contribution in [0.2, 0.25) is 0 Å². The summed E-state index contributed by atoms with van der Waals surface area (Å²) in [6.07, 6.45) is 0. The van der Waals surface area contributed by atoms with Crippen molar-refractivity contribution in [1.29, 1.82) is 0 Å². The molecule has 5 heteroatoms. The van der Waals surface area contributed by atoms with Crippen LogP contribution in [0.1, 0.15) is 11.1 Å². The number of fused-ring (bicyclic) bond motifs is 11. The third-order valence-electron chi connectivity index (χ3n) is 13.2. The third-order valence-corrected chi connectivity index (χ3v) is 13.2. The van der Waals surface area contributed by atoms with E-state index < -0.39 is 0 Å². The van der Waals surface area contributed by atoms with Crippen LogP contribution < -0.4 is 21.1 Å². The van der Waals surface area contributed by atoms with E-state index in [0.29, 0.717) is 0 Å². The van der Waals surface area contributed by atoms with Gasteiger partial charge in [0, 0.05) is 77.5 Å². The van der Waals surface area contributed by atoms with Gasteiger partial charge in [-0.2, -0.15) is 0 Å². The lowest BCUT2D eigenvalue weighted by Crippen LogP contribution is -2.37. The first-order chi connectivity index (χ1) is 30.1. The fourth-order valence-corrected chi connectivity index (χ4v) is 10.7. The van der Waals surface area contributed by atoms with Crippen LogP contribution in [0.5, 0.6) is 0 Å². The highest BCUT2D eigenvalue weighted by Gasteiger charge is 2.30. The summed E-state index contributed by atoms with van der Waals surface area (Å²) in [5.74, 6) is 0. The lowest BCUT2D eigenvalue weighted by Gasteiger charge is -2.30. The molecule has 9 aromatic carbocycles. The Morgan fingerprint density at radius 2 is 1.10 bits per heavy atom. The number of para-hydroxylation sites is 6. The van der Waals surface area contributed by atoms with Crippen molar-refractivity contribution in [2.24, 2.45) is 0 Å². The van der Waals surface area contributed by atoms with E-state index in [-0.39, 0.29) is 0 Å². The van der Waals surface area contributed by atoms with Crippen LogP contribution >= 0.6 is 0 Å². The lowest BCUT2D eigenvalue weighted by atomic mass is 9.59. The minimum atomic E-state index is 0.807. The van der Waals surface area contributed by atoms with Gasteiger partial charge in [0.15, 0.2) is 7.28 Å². The maximum absolute atomic E-state index is 4.04. The van der Waals surface area contributed by atoms with E-state index in [1.165, 1.54) is 98.8 Å². The Hall–Kier alpha value is -7.76. The highest BCUT2D eigenvalue weighted by atomic mass is 15.1. The van der Waals surface area contributed by atoms with Crippen LogP contribution in [0.15, 0.2) is 188 Å². The summed E-state index contributed by atoms with van der Waals surface area (Å²) in [5.41, 5.74) is 20.5. The van der Waals surface area contributed by atoms with Crippen molar-refractivity contribution < 1.29 is 0 Å². The Morgan fingerprint density at radius 1 is 0.475 bits per heavy atom. The van der Waals surface area contributed by atoms with E-state index in [9.17, 15) is 0 Å². The van der Waals surface area contributed by atoms with Crippen LogP contribution in [0, 0.1) is 13.8 Å². The number of anilines is 5. The van der Waals surface area contributed by atoms with Crippen molar-refractivity contribution in [3.8, 4) is 16.8 Å². The number of benzene rings is 9. The van der Waals surface area contributed by atoms with Gasteiger partial charge >= 0.3 is 0 Å². The average Bonchev–Trinajstić information content (AvgIpc) is 3.95. The molecule has 0 amide bonds. The molecule has 12 aromatic rings. The van der Waals surface area contributed by atoms with Gasteiger partial charge in [0.05, 0.1) is 22.1 Å². The molecule has 0 spiro atoms. The number of nitrogens with one attached hydrogen (secondary N) is 1. The minimum Gasteiger partial charge on any atom is -0.355 e. The van der Waals surface area contributed by atoms with Gasteiger partial charge in [-0.05, 0) is 97.2 Å². The maximum atomic E-state index is 4.04. The Balaban J connectivity index is 1.21. The van der Waals surface area contributed by atoms with Gasteiger partial charge in [-0.1, -0.05) is 132 Å². The Bertz CT molecular complexity index is 3690. The summed E-state index contributed by atoms with van der Waals surface area (Å²) in [7, 11) is 0.807. The molecule has 0 saturated heterocycles. The lowest BCUT2D eigenvalue weighted by molar-refractivity contribution is 1.18. The molecule has 0 saturated carbocycles. The fraction of sp³-hybridized carbons (Fsp3) is 0.0357. The molecule has 4 heterocycles. The molecule has 13 rings (SSSR count). The van der Waals surface area contributed by atoms with Crippen molar-refractivity contribution in [3.63, 3.8) is 0 Å². The van der Waals surface area contributed by atoms with Crippen molar-refractivity contribution in [2.75, 3.05) is 10.2 Å². The molecule has 61 heavy (non-hydrogen) atoms. The number of nitrogens with zero attached hydrogens (tertiary/aromatic N) is 3. The number of aromatic nitrogens is 2. The summed E-state index contributed by atoms with van der Waals surface area (Å²) < 4.78 is 5.06. The van der Waals surface area contributed by atoms with Crippen LogP contribution in [0.3, 0.4) is 0 Å². The molecule has 0 fully saturated rings. The molecule has 4 nitrogen and oxygen atoms in total. The molecule has 3 aromatic heterocycles. The summed E-state index contributed by atoms with van der Waals surface area (Å²) in [5, 5.41) is 11.7. The molecule has 0 atom stereocenters. The molecular formula is C56H39BN4. The molecule has 0 unspecified atom stereocenters. The van der Waals surface area contributed by atoms with E-state index in [4.69, 9.17) is 0 Å². The zero-order valence-electron chi connectivity index (χ0n) is 33.9. The molecule has 0 bridgehead atoms. The smallest absolute Gasteiger partial charge is 0.198 e. The standard InChI is InChI=1S/C56H39BN4/c1-34-27-28-46(35(2)31-34)58-47-29-30-50-53(43-23-13-21-41-39-19-9-11-25-48(39)60(50)55(41)43)52(47)44-32-38(59(36-15-5-3-6-16-36)37-17-7-4-8-18-37)33-51-54(44)57-45-24-14-22-42-40-20-10-12-26-49(40)61(51)56(42)45/h3-33,57-58H,1-2H3. The number of hydrogen-bond donors (Lipinski definition) is 1. The highest BCUT2D eigenvalue weighted by Crippen LogP contribution is 2.48. The first-order valence-corrected chi connectivity index (χ1v) is 21.2. The molecule has 0 aliphatic carbocycles. The number of rotatable bonds is 6. The Morgan fingerprint density at radius 3 is 1.85 bits per heavy atom. The first kappa shape index (κ1) is 34.1. The second-order valence-electron chi connectivity index (χ2n) is 16.7. The normalized spacial score (nSPS) is 12.2. The van der Waals surface area contributed by atoms with E-state index in [2.05, 4.69) is 221 Å². The molecule has 1 aliphatic heterocycles. The van der Waals surface area contributed by atoms with Gasteiger partial charge in [-0.25, -0.2) is 0 Å². The molecule has 1 aliphatic rings. The SMILES string of the molecule is Cc1ccc(Nc2ccc3c(c2-c2cc(N(c4ccccc4)c4ccccc4)cc4c2Bc2cccc5c6ccccc6n-4c25)c2cccc4c5ccccc5n3c42)c(C)c1. The topological polar surface area (TPSA) is 24.6 Å². The third kappa shape index (κ3) is 4.89. The van der Waals surface area contributed by atoms with Crippen molar-refractivity contribution in [1.82, 2.24) is 8.97 Å². The zero-order chi connectivity index (χ0) is 40.3. The predicted molar refractivity (Wildman–Crippen MR) is 261 cm³/mol. The Kier molecular flexibility index (Phi) is 7.20. The van der Waals surface area contributed by atoms with Crippen LogP contribution in [-0.4, -0.2) is 16.2 Å². The zero-order valence-corrected chi connectivity index (χ0v) is 33.9. The summed E-state index contributed by atoms with van der Waals surface area (Å²) in [4.78, 5) is 2.42. The van der Waals surface area contributed by atoms with Gasteiger partial charge in [0.1, 0.15) is 0 Å². The Labute approximate surface area is 354 Å². The molecule has 1 N–H and O–H groups in total. The summed E-state index contributed by atoms with van der Waals surface area (Å²) in [6.45, 7) is 4.38. The van der Waals surface area contributed by atoms with Crippen molar-refractivity contribution >= 4 is 107 Å². The van der Waals surface area contributed by atoms with E-state index in [0.717, 1.165) is 35.7 Å². The second kappa shape index (κ2) is 12.9. The van der Waals surface area contributed by atoms with Crippen LogP contribution in [-0.2, 0) is 0 Å². The van der Waals surface area contributed by atoms with Crippen LogP contribution in [0.4, 0.5) is 28.4 Å². The molecule has 0 radical (unpaired) electrons. The predicted octanol–water partition coefficient (Wildman–Crippen LogP) is 13.1. The monoisotopic (exact) mass is 778 g/mol. The van der Waals surface area contributed by atoms with Gasteiger partial charge in [0.25, 0.3) is 0 Å². The van der Waals surface area contributed by atoms with Gasteiger partial charge in [-0.3, -0.25) is 0 Å². The van der Waals surface area contributed by atoms with E-state index >= 15 is 0 Å². The minimum absolute atomic E-state index is 0.807. The number of hydrogen-bond acceptors (Lipinski definition) is 2. The quantitative estimate of drug-likeness (QED) is 0.170. The highest BCUT2D eigenvalue weighted by molar-refractivity contribution is 6.73. The van der Waals surface area contributed by atoms with Gasteiger partial charge in [0.2, 0.25) is 0 Å². The fourth-order valence-electron chi connectivity index (χ4n) is 10.7. The largest absolute Gasteiger partial charge is 0.355 e. The summed E-state index contributed by atoms with van der Waals surface area (Å²) >= 11 is 0. The van der Waals surface area contributed by atoms with Crippen LogP contribution in [0.25, 0.3) is 76.7 Å². The second-order valence-corrected chi connectivity index (χ2v) is 16.7. The molecular weight excluding hydrogens is 739 g/mol. The van der Waals surface area contributed by atoms with Gasteiger partial charge < -0.3 is 19.2 Å². The first-order valence-electron chi connectivity index (χ1n) is 21.2. The van der Waals surface area contributed by atoms with E-state index in [1.54, 1.807) is 0 Å². The van der Waals surface area contributed by atoms with Crippen molar-refractivity contribution in [3.05, 3.63) is 199 Å². The summed E-state index contributed by atoms with van der Waals surface area (Å²) in [6, 6.07) is 69.5. The van der Waals surface area contributed by atoms with E-state index in [1.807, 2.05) is 0 Å². The van der Waals surface area contributed by atoms with Gasteiger partial charge in [-0.15, -0.1) is 0 Å². The average molecular weight is 779 g/mol. The maximum Gasteiger partial charge on any atom is 0.198 e. The van der Waals surface area contributed by atoms with Crippen molar-refractivity contribution in [2.45, 2.75) is 13.8 Å². The molecule has 286 valence electrons.